The van der Waals surface area contributed by atoms with Gasteiger partial charge in [0.05, 0.1) is 11.1 Å². The van der Waals surface area contributed by atoms with Crippen molar-refractivity contribution in [1.29, 1.82) is 0 Å². The Kier molecular flexibility index (Phi) is 1.62. The number of nitrogens with zero attached hydrogens (tertiary/aromatic N) is 1. The Morgan fingerprint density at radius 2 is 2.31 bits per heavy atom. The summed E-state index contributed by atoms with van der Waals surface area (Å²) in [6.07, 6.45) is 0.514. The Labute approximate surface area is 73.6 Å². The van der Waals surface area contributed by atoms with Crippen molar-refractivity contribution < 1.29 is 9.18 Å². The molecule has 4 heteroatoms. The predicted octanol–water partition coefficient (Wildman–Crippen LogP) is 1.82. The number of fused-ring (bicyclic) bond motifs is 1. The van der Waals surface area contributed by atoms with Crippen molar-refractivity contribution in [3.05, 3.63) is 29.2 Å². The molecular formula is C9H7FN2O. The number of aromatic nitrogens is 2. The van der Waals surface area contributed by atoms with Crippen LogP contribution in [0.5, 0.6) is 0 Å². The molecule has 2 aromatic rings. The van der Waals surface area contributed by atoms with Gasteiger partial charge in [-0.25, -0.2) is 4.39 Å². The van der Waals surface area contributed by atoms with Crippen molar-refractivity contribution in [2.24, 2.45) is 0 Å². The van der Waals surface area contributed by atoms with Gasteiger partial charge in [0.2, 0.25) is 0 Å². The molecule has 13 heavy (non-hydrogen) atoms. The van der Waals surface area contributed by atoms with E-state index in [1.807, 2.05) is 0 Å². The molecule has 2 rings (SSSR count). The molecule has 0 unspecified atom stereocenters. The van der Waals surface area contributed by atoms with Crippen molar-refractivity contribution in [2.45, 2.75) is 6.92 Å². The number of aryl methyl sites for hydroxylation is 1. The van der Waals surface area contributed by atoms with Crippen LogP contribution in [0.4, 0.5) is 4.39 Å². The normalized spacial score (nSPS) is 10.6. The monoisotopic (exact) mass is 178 g/mol. The lowest BCUT2D eigenvalue weighted by Gasteiger charge is -1.96. The summed E-state index contributed by atoms with van der Waals surface area (Å²) >= 11 is 0. The van der Waals surface area contributed by atoms with E-state index in [1.165, 1.54) is 6.07 Å². The largest absolute Gasteiger partial charge is 0.298 e. The second kappa shape index (κ2) is 2.65. The molecule has 0 fully saturated rings. The zero-order valence-corrected chi connectivity index (χ0v) is 6.97. The second-order valence-corrected chi connectivity index (χ2v) is 2.82. The molecule has 0 atom stereocenters. The van der Waals surface area contributed by atoms with Crippen LogP contribution in [0.15, 0.2) is 12.1 Å². The van der Waals surface area contributed by atoms with E-state index in [9.17, 15) is 9.18 Å². The number of hydrogen-bond donors (Lipinski definition) is 1. The Morgan fingerprint density at radius 3 is 3.00 bits per heavy atom. The van der Waals surface area contributed by atoms with Crippen LogP contribution in [-0.2, 0) is 0 Å². The van der Waals surface area contributed by atoms with Gasteiger partial charge in [0.15, 0.2) is 6.29 Å². The first-order chi connectivity index (χ1) is 6.24. The third-order valence-electron chi connectivity index (χ3n) is 2.01. The fourth-order valence-electron chi connectivity index (χ4n) is 1.39. The third kappa shape index (κ3) is 1.02. The Bertz CT molecular complexity index is 476. The Balaban J connectivity index is 2.96. The van der Waals surface area contributed by atoms with E-state index >= 15 is 0 Å². The fourth-order valence-corrected chi connectivity index (χ4v) is 1.39. The fraction of sp³-hybridized carbons (Fsp3) is 0.111. The highest BCUT2D eigenvalue weighted by molar-refractivity contribution is 5.98. The summed E-state index contributed by atoms with van der Waals surface area (Å²) in [5.41, 5.74) is 1.39. The minimum absolute atomic E-state index is 0.0729. The molecule has 0 aliphatic heterocycles. The van der Waals surface area contributed by atoms with Crippen LogP contribution < -0.4 is 0 Å². The van der Waals surface area contributed by atoms with Crippen molar-refractivity contribution in [1.82, 2.24) is 10.2 Å². The maximum absolute atomic E-state index is 13.1. The minimum Gasteiger partial charge on any atom is -0.298 e. The topological polar surface area (TPSA) is 45.8 Å². The summed E-state index contributed by atoms with van der Waals surface area (Å²) in [7, 11) is 0. The van der Waals surface area contributed by atoms with E-state index in [0.717, 1.165) is 0 Å². The maximum atomic E-state index is 13.1. The molecular weight excluding hydrogens is 171 g/mol. The van der Waals surface area contributed by atoms with Gasteiger partial charge in [-0.15, -0.1) is 0 Å². The number of aromatic amines is 1. The van der Waals surface area contributed by atoms with Gasteiger partial charge in [-0.1, -0.05) is 0 Å². The third-order valence-corrected chi connectivity index (χ3v) is 2.01. The molecule has 0 radical (unpaired) electrons. The minimum atomic E-state index is -0.507. The SMILES string of the molecule is Cc1[nH]nc2ccc(F)c(C=O)c12. The van der Waals surface area contributed by atoms with E-state index in [-0.39, 0.29) is 5.56 Å². The van der Waals surface area contributed by atoms with Crippen LogP contribution in [0.2, 0.25) is 0 Å². The summed E-state index contributed by atoms with van der Waals surface area (Å²) in [5, 5.41) is 7.19. The summed E-state index contributed by atoms with van der Waals surface area (Å²) in [6, 6.07) is 2.79. The number of aldehydes is 1. The van der Waals surface area contributed by atoms with Gasteiger partial charge in [-0.05, 0) is 19.1 Å². The molecule has 3 nitrogen and oxygen atoms in total. The smallest absolute Gasteiger partial charge is 0.153 e. The van der Waals surface area contributed by atoms with E-state index in [4.69, 9.17) is 0 Å². The summed E-state index contributed by atoms with van der Waals surface area (Å²) in [6.45, 7) is 1.75. The first kappa shape index (κ1) is 7.91. The number of nitrogens with one attached hydrogen (secondary N) is 1. The van der Waals surface area contributed by atoms with E-state index < -0.39 is 5.82 Å². The summed E-state index contributed by atoms with van der Waals surface area (Å²) in [4.78, 5) is 10.6. The molecule has 0 saturated heterocycles. The number of hydrogen-bond acceptors (Lipinski definition) is 2. The van der Waals surface area contributed by atoms with Crippen molar-refractivity contribution >= 4 is 17.2 Å². The number of carbonyl (C=O) groups excluding carboxylic acids is 1. The molecule has 0 bridgehead atoms. The lowest BCUT2D eigenvalue weighted by Crippen LogP contribution is -1.89. The van der Waals surface area contributed by atoms with Crippen LogP contribution >= 0.6 is 0 Å². The van der Waals surface area contributed by atoms with Crippen LogP contribution in [0.25, 0.3) is 10.9 Å². The van der Waals surface area contributed by atoms with Gasteiger partial charge in [0, 0.05) is 11.1 Å². The Morgan fingerprint density at radius 1 is 1.54 bits per heavy atom. The average molecular weight is 178 g/mol. The van der Waals surface area contributed by atoms with E-state index in [2.05, 4.69) is 10.2 Å². The number of benzene rings is 1. The number of halogens is 1. The summed E-state index contributed by atoms with van der Waals surface area (Å²) < 4.78 is 13.1. The quantitative estimate of drug-likeness (QED) is 0.677. The second-order valence-electron chi connectivity index (χ2n) is 2.82. The molecule has 1 heterocycles. The zero-order valence-electron chi connectivity index (χ0n) is 6.97. The predicted molar refractivity (Wildman–Crippen MR) is 46.2 cm³/mol. The first-order valence-electron chi connectivity index (χ1n) is 3.82. The van der Waals surface area contributed by atoms with Crippen LogP contribution in [0.1, 0.15) is 16.1 Å². The van der Waals surface area contributed by atoms with Crippen LogP contribution in [0.3, 0.4) is 0 Å². The molecule has 0 spiro atoms. The van der Waals surface area contributed by atoms with Crippen molar-refractivity contribution in [2.75, 3.05) is 0 Å². The lowest BCUT2D eigenvalue weighted by atomic mass is 10.1. The molecule has 1 aromatic heterocycles. The zero-order chi connectivity index (χ0) is 9.42. The van der Waals surface area contributed by atoms with Gasteiger partial charge in [0.25, 0.3) is 0 Å². The highest BCUT2D eigenvalue weighted by Gasteiger charge is 2.10. The first-order valence-corrected chi connectivity index (χ1v) is 3.82. The van der Waals surface area contributed by atoms with Gasteiger partial charge in [-0.3, -0.25) is 9.89 Å². The van der Waals surface area contributed by atoms with Crippen molar-refractivity contribution in [3.8, 4) is 0 Å². The standard InChI is InChI=1S/C9H7FN2O/c1-5-9-6(4-13)7(10)2-3-8(9)12-11-5/h2-4H,1H3,(H,11,12). The molecule has 0 saturated carbocycles. The number of carbonyl (C=O) groups is 1. The summed E-state index contributed by atoms with van der Waals surface area (Å²) in [5.74, 6) is -0.507. The Hall–Kier alpha value is -1.71. The number of rotatable bonds is 1. The van der Waals surface area contributed by atoms with Gasteiger partial charge >= 0.3 is 0 Å². The highest BCUT2D eigenvalue weighted by Crippen LogP contribution is 2.21. The molecule has 0 amide bonds. The molecule has 1 aromatic carbocycles. The maximum Gasteiger partial charge on any atom is 0.153 e. The molecule has 0 aliphatic rings. The molecule has 66 valence electrons. The van der Waals surface area contributed by atoms with E-state index in [0.29, 0.717) is 22.9 Å². The number of H-pyrrole nitrogens is 1. The van der Waals surface area contributed by atoms with Crippen molar-refractivity contribution in [3.63, 3.8) is 0 Å². The van der Waals surface area contributed by atoms with Crippen LogP contribution in [0, 0.1) is 12.7 Å². The van der Waals surface area contributed by atoms with Crippen LogP contribution in [-0.4, -0.2) is 16.5 Å². The van der Waals surface area contributed by atoms with Gasteiger partial charge < -0.3 is 0 Å². The lowest BCUT2D eigenvalue weighted by molar-refractivity contribution is 0.112. The van der Waals surface area contributed by atoms with Gasteiger partial charge in [0.1, 0.15) is 5.82 Å². The molecule has 0 aliphatic carbocycles. The molecule has 1 N–H and O–H groups in total. The van der Waals surface area contributed by atoms with E-state index in [1.54, 1.807) is 13.0 Å². The average Bonchev–Trinajstić information content (AvgIpc) is 2.49. The highest BCUT2D eigenvalue weighted by atomic mass is 19.1. The van der Waals surface area contributed by atoms with Gasteiger partial charge in [-0.2, -0.15) is 5.10 Å².